The summed E-state index contributed by atoms with van der Waals surface area (Å²) in [5.41, 5.74) is 7.91. The lowest BCUT2D eigenvalue weighted by Gasteiger charge is -2.11. The Morgan fingerprint density at radius 1 is 0.972 bits per heavy atom. The van der Waals surface area contributed by atoms with Gasteiger partial charge in [-0.05, 0) is 61.5 Å². The van der Waals surface area contributed by atoms with Gasteiger partial charge in [-0.1, -0.05) is 12.1 Å². The molecule has 0 radical (unpaired) electrons. The van der Waals surface area contributed by atoms with Crippen LogP contribution in [0.3, 0.4) is 0 Å². The summed E-state index contributed by atoms with van der Waals surface area (Å²) >= 11 is 0. The van der Waals surface area contributed by atoms with Gasteiger partial charge in [-0.25, -0.2) is 0 Å². The SMILES string of the molecule is COC(C)Oc1ccc2cc(C(=O)NCCOc3ccc(C(=O)Nc4ccccc4N)cc3)oc2c1. The van der Waals surface area contributed by atoms with Crippen molar-refractivity contribution in [2.45, 2.75) is 13.2 Å². The van der Waals surface area contributed by atoms with E-state index in [-0.39, 0.29) is 30.7 Å². The van der Waals surface area contributed by atoms with Crippen molar-refractivity contribution < 1.29 is 28.2 Å². The first-order chi connectivity index (χ1) is 17.4. The van der Waals surface area contributed by atoms with Crippen LogP contribution in [-0.2, 0) is 4.74 Å². The first kappa shape index (κ1) is 24.6. The minimum Gasteiger partial charge on any atom is -0.492 e. The Balaban J connectivity index is 1.25. The number of hydrogen-bond donors (Lipinski definition) is 3. The zero-order valence-corrected chi connectivity index (χ0v) is 19.9. The minimum atomic E-state index is -0.401. The van der Waals surface area contributed by atoms with E-state index in [1.807, 2.05) is 6.07 Å². The molecular weight excluding hydrogens is 462 g/mol. The molecule has 4 rings (SSSR count). The number of nitrogen functional groups attached to an aromatic ring is 1. The van der Waals surface area contributed by atoms with Crippen LogP contribution in [-0.4, -0.2) is 38.4 Å². The topological polar surface area (TPSA) is 125 Å². The highest BCUT2D eigenvalue weighted by Crippen LogP contribution is 2.25. The molecule has 4 N–H and O–H groups in total. The third-order valence-corrected chi connectivity index (χ3v) is 5.33. The lowest BCUT2D eigenvalue weighted by Crippen LogP contribution is -2.27. The van der Waals surface area contributed by atoms with Crippen LogP contribution in [0.5, 0.6) is 11.5 Å². The highest BCUT2D eigenvalue weighted by Gasteiger charge is 2.13. The summed E-state index contributed by atoms with van der Waals surface area (Å²) in [5.74, 6) is 0.719. The minimum absolute atomic E-state index is 0.191. The van der Waals surface area contributed by atoms with Gasteiger partial charge >= 0.3 is 0 Å². The number of fused-ring (bicyclic) bond motifs is 1. The maximum Gasteiger partial charge on any atom is 0.287 e. The van der Waals surface area contributed by atoms with Gasteiger partial charge in [-0.2, -0.15) is 0 Å². The zero-order chi connectivity index (χ0) is 25.5. The lowest BCUT2D eigenvalue weighted by molar-refractivity contribution is -0.0382. The normalized spacial score (nSPS) is 11.6. The second-order valence-corrected chi connectivity index (χ2v) is 7.90. The molecule has 1 atom stereocenters. The Morgan fingerprint density at radius 2 is 1.72 bits per heavy atom. The van der Waals surface area contributed by atoms with Crippen molar-refractivity contribution in [3.8, 4) is 11.5 Å². The molecule has 3 aromatic carbocycles. The molecule has 0 aliphatic heterocycles. The largest absolute Gasteiger partial charge is 0.492 e. The van der Waals surface area contributed by atoms with E-state index in [2.05, 4.69) is 10.6 Å². The molecule has 9 heteroatoms. The van der Waals surface area contributed by atoms with Crippen molar-refractivity contribution in [3.63, 3.8) is 0 Å². The van der Waals surface area contributed by atoms with E-state index < -0.39 is 6.29 Å². The van der Waals surface area contributed by atoms with E-state index in [0.29, 0.717) is 34.0 Å². The van der Waals surface area contributed by atoms with E-state index in [1.165, 1.54) is 0 Å². The third kappa shape index (κ3) is 6.13. The van der Waals surface area contributed by atoms with Crippen molar-refractivity contribution in [1.29, 1.82) is 0 Å². The first-order valence-corrected chi connectivity index (χ1v) is 11.3. The molecule has 0 aliphatic rings. The summed E-state index contributed by atoms with van der Waals surface area (Å²) in [6.45, 7) is 2.29. The van der Waals surface area contributed by atoms with E-state index in [9.17, 15) is 9.59 Å². The Labute approximate surface area is 208 Å². The van der Waals surface area contributed by atoms with Gasteiger partial charge in [0.05, 0.1) is 17.9 Å². The van der Waals surface area contributed by atoms with Crippen molar-refractivity contribution in [2.75, 3.05) is 31.3 Å². The number of hydrogen-bond acceptors (Lipinski definition) is 7. The van der Waals surface area contributed by atoms with Gasteiger partial charge in [0.15, 0.2) is 12.1 Å². The van der Waals surface area contributed by atoms with Crippen LogP contribution in [0.15, 0.2) is 77.2 Å². The molecule has 0 saturated carbocycles. The smallest absolute Gasteiger partial charge is 0.287 e. The number of ether oxygens (including phenoxy) is 3. The second-order valence-electron chi connectivity index (χ2n) is 7.90. The maximum absolute atomic E-state index is 12.5. The van der Waals surface area contributed by atoms with Crippen LogP contribution < -0.4 is 25.8 Å². The second kappa shape index (κ2) is 11.3. The fraction of sp³-hybridized carbons (Fsp3) is 0.185. The lowest BCUT2D eigenvalue weighted by atomic mass is 10.2. The first-order valence-electron chi connectivity index (χ1n) is 11.3. The number of rotatable bonds is 10. The summed E-state index contributed by atoms with van der Waals surface area (Å²) in [5, 5.41) is 6.32. The summed E-state index contributed by atoms with van der Waals surface area (Å²) in [6, 6.07) is 20.7. The fourth-order valence-corrected chi connectivity index (χ4v) is 3.36. The molecular formula is C27H27N3O6. The Kier molecular flexibility index (Phi) is 7.72. The van der Waals surface area contributed by atoms with Crippen LogP contribution in [0.4, 0.5) is 11.4 Å². The van der Waals surface area contributed by atoms with Crippen LogP contribution >= 0.6 is 0 Å². The van der Waals surface area contributed by atoms with Gasteiger partial charge in [-0.3, -0.25) is 9.59 Å². The standard InChI is InChI=1S/C27H27N3O6/c1-17(33-2)35-21-12-9-19-15-25(36-24(19)16-21)27(32)29-13-14-34-20-10-7-18(8-11-20)26(31)30-23-6-4-3-5-22(23)28/h3-12,15-17H,13-14,28H2,1-2H3,(H,29,32)(H,30,31). The summed E-state index contributed by atoms with van der Waals surface area (Å²) in [4.78, 5) is 24.9. The van der Waals surface area contributed by atoms with Crippen LogP contribution in [0.1, 0.15) is 27.8 Å². The molecule has 0 saturated heterocycles. The van der Waals surface area contributed by atoms with Crippen molar-refractivity contribution >= 4 is 34.2 Å². The van der Waals surface area contributed by atoms with Crippen molar-refractivity contribution in [2.24, 2.45) is 0 Å². The molecule has 9 nitrogen and oxygen atoms in total. The van der Waals surface area contributed by atoms with Crippen LogP contribution in [0, 0.1) is 0 Å². The van der Waals surface area contributed by atoms with Gasteiger partial charge < -0.3 is 35.0 Å². The van der Waals surface area contributed by atoms with E-state index in [4.69, 9.17) is 24.4 Å². The molecule has 1 unspecified atom stereocenters. The number of nitrogens with two attached hydrogens (primary N) is 1. The van der Waals surface area contributed by atoms with Gasteiger partial charge in [0.25, 0.3) is 11.8 Å². The molecule has 186 valence electrons. The average molecular weight is 490 g/mol. The Morgan fingerprint density at radius 3 is 2.47 bits per heavy atom. The Bertz CT molecular complexity index is 1350. The number of carbonyl (C=O) groups is 2. The molecule has 4 aromatic rings. The van der Waals surface area contributed by atoms with E-state index in [1.54, 1.807) is 80.8 Å². The molecule has 0 fully saturated rings. The monoisotopic (exact) mass is 489 g/mol. The van der Waals surface area contributed by atoms with Crippen LogP contribution in [0.25, 0.3) is 11.0 Å². The Hall–Kier alpha value is -4.50. The zero-order valence-electron chi connectivity index (χ0n) is 19.9. The molecule has 1 heterocycles. The molecule has 36 heavy (non-hydrogen) atoms. The molecule has 0 aliphatic carbocycles. The quantitative estimate of drug-likeness (QED) is 0.171. The highest BCUT2D eigenvalue weighted by atomic mass is 16.7. The third-order valence-electron chi connectivity index (χ3n) is 5.33. The molecule has 2 amide bonds. The number of furan rings is 1. The summed E-state index contributed by atoms with van der Waals surface area (Å²) < 4.78 is 22.0. The number of para-hydroxylation sites is 2. The predicted molar refractivity (Wildman–Crippen MR) is 136 cm³/mol. The number of nitrogens with one attached hydrogen (secondary N) is 2. The van der Waals surface area contributed by atoms with Gasteiger partial charge in [0, 0.05) is 24.1 Å². The average Bonchev–Trinajstić information content (AvgIpc) is 3.32. The number of carbonyl (C=O) groups excluding carboxylic acids is 2. The van der Waals surface area contributed by atoms with Gasteiger partial charge in [-0.15, -0.1) is 0 Å². The number of benzene rings is 3. The predicted octanol–water partition coefficient (Wildman–Crippen LogP) is 4.45. The van der Waals surface area contributed by atoms with Gasteiger partial charge in [0.1, 0.15) is 23.7 Å². The number of anilines is 2. The number of amides is 2. The molecule has 1 aromatic heterocycles. The summed E-state index contributed by atoms with van der Waals surface area (Å²) in [6.07, 6.45) is -0.401. The van der Waals surface area contributed by atoms with E-state index in [0.717, 1.165) is 5.39 Å². The van der Waals surface area contributed by atoms with Crippen molar-refractivity contribution in [1.82, 2.24) is 5.32 Å². The molecule has 0 spiro atoms. The fourth-order valence-electron chi connectivity index (χ4n) is 3.36. The molecule has 0 bridgehead atoms. The number of methoxy groups -OCH3 is 1. The summed E-state index contributed by atoms with van der Waals surface area (Å²) in [7, 11) is 1.56. The highest BCUT2D eigenvalue weighted by molar-refractivity contribution is 6.05. The van der Waals surface area contributed by atoms with Crippen molar-refractivity contribution in [3.05, 3.63) is 84.1 Å². The van der Waals surface area contributed by atoms with E-state index >= 15 is 0 Å². The van der Waals surface area contributed by atoms with Crippen LogP contribution in [0.2, 0.25) is 0 Å². The maximum atomic E-state index is 12.5. The van der Waals surface area contributed by atoms with Gasteiger partial charge in [0.2, 0.25) is 0 Å².